The Morgan fingerprint density at radius 3 is 2.67 bits per heavy atom. The van der Waals surface area contributed by atoms with E-state index in [1.54, 1.807) is 20.2 Å². The molecular formula is C18H17BrN2O3. The number of hydrogen-bond acceptors (Lipinski definition) is 4. The normalized spacial score (nSPS) is 10.8. The van der Waals surface area contributed by atoms with Crippen molar-refractivity contribution in [3.8, 4) is 5.75 Å². The number of methoxy groups -OCH3 is 1. The van der Waals surface area contributed by atoms with E-state index in [1.165, 1.54) is 0 Å². The zero-order chi connectivity index (χ0) is 17.1. The lowest BCUT2D eigenvalue weighted by Gasteiger charge is -2.10. The molecule has 3 aromatic rings. The van der Waals surface area contributed by atoms with Gasteiger partial charge in [-0.25, -0.2) is 9.78 Å². The van der Waals surface area contributed by atoms with E-state index < -0.39 is 0 Å². The van der Waals surface area contributed by atoms with Gasteiger partial charge in [-0.3, -0.25) is 0 Å². The van der Waals surface area contributed by atoms with Crippen molar-refractivity contribution in [3.05, 3.63) is 58.3 Å². The van der Waals surface area contributed by atoms with Crippen LogP contribution in [0.25, 0.3) is 11.0 Å². The highest BCUT2D eigenvalue weighted by Crippen LogP contribution is 2.31. The van der Waals surface area contributed by atoms with E-state index in [0.717, 1.165) is 22.3 Å². The van der Waals surface area contributed by atoms with Crippen molar-refractivity contribution in [1.29, 1.82) is 0 Å². The number of benzene rings is 1. The molecule has 0 N–H and O–H groups in total. The molecule has 0 saturated carbocycles. The summed E-state index contributed by atoms with van der Waals surface area (Å²) in [6, 6.07) is 11.5. The molecule has 2 aromatic heterocycles. The quantitative estimate of drug-likeness (QED) is 0.619. The third kappa shape index (κ3) is 3.01. The van der Waals surface area contributed by atoms with Gasteiger partial charge in [0.15, 0.2) is 0 Å². The van der Waals surface area contributed by atoms with Crippen LogP contribution < -0.4 is 4.74 Å². The van der Waals surface area contributed by atoms with Crippen LogP contribution in [-0.4, -0.2) is 29.2 Å². The van der Waals surface area contributed by atoms with Gasteiger partial charge in [-0.15, -0.1) is 0 Å². The van der Waals surface area contributed by atoms with Crippen LogP contribution >= 0.6 is 15.9 Å². The minimum Gasteiger partial charge on any atom is -0.497 e. The SMILES string of the molecule is CCOC(=O)c1c(Br)c2cccnc2n1Cc1ccc(OC)cc1. The third-order valence-corrected chi connectivity index (χ3v) is 4.53. The van der Waals surface area contributed by atoms with Crippen molar-refractivity contribution in [1.82, 2.24) is 9.55 Å². The van der Waals surface area contributed by atoms with Gasteiger partial charge in [-0.1, -0.05) is 12.1 Å². The number of halogens is 1. The first kappa shape index (κ1) is 16.5. The number of carbonyl (C=O) groups excluding carboxylic acids is 1. The molecule has 5 nitrogen and oxygen atoms in total. The van der Waals surface area contributed by atoms with E-state index in [2.05, 4.69) is 20.9 Å². The van der Waals surface area contributed by atoms with Crippen LogP contribution in [0.2, 0.25) is 0 Å². The first-order chi connectivity index (χ1) is 11.7. The molecule has 0 aliphatic rings. The predicted octanol–water partition coefficient (Wildman–Crippen LogP) is 4.03. The number of aromatic nitrogens is 2. The van der Waals surface area contributed by atoms with Gasteiger partial charge >= 0.3 is 5.97 Å². The van der Waals surface area contributed by atoms with E-state index in [9.17, 15) is 4.79 Å². The number of nitrogens with zero attached hydrogens (tertiary/aromatic N) is 2. The molecule has 0 radical (unpaired) electrons. The molecule has 2 heterocycles. The molecule has 0 unspecified atom stereocenters. The summed E-state index contributed by atoms with van der Waals surface area (Å²) in [6.45, 7) is 2.63. The number of fused-ring (bicyclic) bond motifs is 1. The Bertz CT molecular complexity index is 872. The zero-order valence-corrected chi connectivity index (χ0v) is 15.0. The summed E-state index contributed by atoms with van der Waals surface area (Å²) >= 11 is 3.53. The van der Waals surface area contributed by atoms with Crippen LogP contribution in [0.15, 0.2) is 47.1 Å². The second-order valence-corrected chi connectivity index (χ2v) is 5.98. The molecule has 0 amide bonds. The second-order valence-electron chi connectivity index (χ2n) is 5.19. The minimum absolute atomic E-state index is 0.322. The van der Waals surface area contributed by atoms with Crippen LogP contribution in [0.3, 0.4) is 0 Å². The number of ether oxygens (including phenoxy) is 2. The molecule has 0 aliphatic heterocycles. The van der Waals surface area contributed by atoms with Crippen molar-refractivity contribution in [2.24, 2.45) is 0 Å². The van der Waals surface area contributed by atoms with Gasteiger partial charge in [-0.2, -0.15) is 0 Å². The summed E-state index contributed by atoms with van der Waals surface area (Å²) in [7, 11) is 1.63. The average molecular weight is 389 g/mol. The van der Waals surface area contributed by atoms with Crippen LogP contribution in [0.5, 0.6) is 5.75 Å². The van der Waals surface area contributed by atoms with Crippen LogP contribution in [0.4, 0.5) is 0 Å². The van der Waals surface area contributed by atoms with E-state index in [-0.39, 0.29) is 5.97 Å². The monoisotopic (exact) mass is 388 g/mol. The fourth-order valence-corrected chi connectivity index (χ4v) is 3.29. The molecule has 0 bridgehead atoms. The van der Waals surface area contributed by atoms with E-state index in [1.807, 2.05) is 41.0 Å². The molecule has 24 heavy (non-hydrogen) atoms. The molecule has 1 aromatic carbocycles. The number of carbonyl (C=O) groups is 1. The van der Waals surface area contributed by atoms with Gasteiger partial charge in [0.2, 0.25) is 0 Å². The van der Waals surface area contributed by atoms with E-state index in [4.69, 9.17) is 9.47 Å². The minimum atomic E-state index is -0.365. The smallest absolute Gasteiger partial charge is 0.356 e. The van der Waals surface area contributed by atoms with E-state index in [0.29, 0.717) is 23.3 Å². The molecule has 0 aliphatic carbocycles. The number of pyridine rings is 1. The topological polar surface area (TPSA) is 53.3 Å². The van der Waals surface area contributed by atoms with Crippen LogP contribution in [-0.2, 0) is 11.3 Å². The fourth-order valence-electron chi connectivity index (χ4n) is 2.60. The Hall–Kier alpha value is -2.34. The lowest BCUT2D eigenvalue weighted by molar-refractivity contribution is 0.0513. The Balaban J connectivity index is 2.10. The molecule has 0 atom stereocenters. The Labute approximate surface area is 148 Å². The third-order valence-electron chi connectivity index (χ3n) is 3.73. The highest BCUT2D eigenvalue weighted by molar-refractivity contribution is 9.10. The van der Waals surface area contributed by atoms with Gasteiger partial charge in [0.25, 0.3) is 0 Å². The van der Waals surface area contributed by atoms with Gasteiger partial charge < -0.3 is 14.0 Å². The van der Waals surface area contributed by atoms with Crippen molar-refractivity contribution in [3.63, 3.8) is 0 Å². The Morgan fingerprint density at radius 1 is 1.25 bits per heavy atom. The molecule has 0 fully saturated rings. The van der Waals surface area contributed by atoms with Crippen LogP contribution in [0, 0.1) is 0 Å². The van der Waals surface area contributed by atoms with Crippen molar-refractivity contribution in [2.45, 2.75) is 13.5 Å². The maximum absolute atomic E-state index is 12.4. The maximum atomic E-state index is 12.4. The molecule has 124 valence electrons. The van der Waals surface area contributed by atoms with Gasteiger partial charge in [0, 0.05) is 18.1 Å². The first-order valence-corrected chi connectivity index (χ1v) is 8.37. The molecule has 6 heteroatoms. The van der Waals surface area contributed by atoms with Gasteiger partial charge in [0.05, 0.1) is 18.2 Å². The highest BCUT2D eigenvalue weighted by atomic mass is 79.9. The van der Waals surface area contributed by atoms with Crippen LogP contribution in [0.1, 0.15) is 23.0 Å². The maximum Gasteiger partial charge on any atom is 0.356 e. The molecule has 0 saturated heterocycles. The summed E-state index contributed by atoms with van der Waals surface area (Å²) in [4.78, 5) is 16.9. The van der Waals surface area contributed by atoms with Gasteiger partial charge in [-0.05, 0) is 52.7 Å². The summed E-state index contributed by atoms with van der Waals surface area (Å²) in [5.74, 6) is 0.428. The average Bonchev–Trinajstić information content (AvgIpc) is 2.88. The number of hydrogen-bond donors (Lipinski definition) is 0. The number of esters is 1. The summed E-state index contributed by atoms with van der Waals surface area (Å²) in [5.41, 5.74) is 2.25. The molecule has 3 rings (SSSR count). The number of rotatable bonds is 5. The predicted molar refractivity (Wildman–Crippen MR) is 95.5 cm³/mol. The second kappa shape index (κ2) is 7.05. The van der Waals surface area contributed by atoms with Crippen molar-refractivity contribution in [2.75, 3.05) is 13.7 Å². The van der Waals surface area contributed by atoms with Gasteiger partial charge in [0.1, 0.15) is 17.1 Å². The highest BCUT2D eigenvalue weighted by Gasteiger charge is 2.23. The summed E-state index contributed by atoms with van der Waals surface area (Å²) in [5, 5.41) is 0.883. The lowest BCUT2D eigenvalue weighted by Crippen LogP contribution is -2.14. The molecular weight excluding hydrogens is 372 g/mol. The Kier molecular flexibility index (Phi) is 4.85. The summed E-state index contributed by atoms with van der Waals surface area (Å²) in [6.07, 6.45) is 1.72. The Morgan fingerprint density at radius 2 is 2.00 bits per heavy atom. The standard InChI is InChI=1S/C18H17BrN2O3/c1-3-24-18(22)16-15(19)14-5-4-10-20-17(14)21(16)11-12-6-8-13(23-2)9-7-12/h4-10H,3,11H2,1-2H3. The molecule has 0 spiro atoms. The summed E-state index contributed by atoms with van der Waals surface area (Å²) < 4.78 is 13.0. The van der Waals surface area contributed by atoms with E-state index >= 15 is 0 Å². The lowest BCUT2D eigenvalue weighted by atomic mass is 10.2. The first-order valence-electron chi connectivity index (χ1n) is 7.58. The zero-order valence-electron chi connectivity index (χ0n) is 13.5. The largest absolute Gasteiger partial charge is 0.497 e. The van der Waals surface area contributed by atoms with Crippen molar-refractivity contribution < 1.29 is 14.3 Å². The van der Waals surface area contributed by atoms with Crippen molar-refractivity contribution >= 4 is 32.9 Å². The fraction of sp³-hybridized carbons (Fsp3) is 0.222.